The number of likely N-dealkylation sites (tertiary alicyclic amines) is 1. The molecule has 1 aliphatic rings. The first-order valence-corrected chi connectivity index (χ1v) is 7.33. The number of halogens is 4. The molecule has 2 heterocycles. The molecule has 0 unspecified atom stereocenters. The smallest absolute Gasteiger partial charge is 0.416 e. The molecule has 1 N–H and O–H groups in total. The quantitative estimate of drug-likeness (QED) is 0.857. The van der Waals surface area contributed by atoms with Gasteiger partial charge in [-0.05, 0) is 18.2 Å². The van der Waals surface area contributed by atoms with E-state index in [0.717, 1.165) is 18.3 Å². The first-order chi connectivity index (χ1) is 11.8. The number of para-hydroxylation sites is 1. The second-order valence-electron chi connectivity index (χ2n) is 5.44. The topological polar surface area (TPSA) is 54.5 Å². The molecule has 2 amide bonds. The van der Waals surface area contributed by atoms with Crippen LogP contribution in [-0.4, -0.2) is 35.1 Å². The van der Waals surface area contributed by atoms with Crippen molar-refractivity contribution < 1.29 is 27.1 Å². The van der Waals surface area contributed by atoms with Crippen LogP contribution < -0.4 is 10.1 Å². The molecule has 0 aliphatic carbocycles. The van der Waals surface area contributed by atoms with Crippen LogP contribution in [0.4, 0.5) is 28.0 Å². The van der Waals surface area contributed by atoms with Crippen LogP contribution in [-0.2, 0) is 6.18 Å². The van der Waals surface area contributed by atoms with Crippen molar-refractivity contribution in [3.05, 3.63) is 54.0 Å². The van der Waals surface area contributed by atoms with Crippen molar-refractivity contribution >= 4 is 11.7 Å². The molecule has 25 heavy (non-hydrogen) atoms. The molecule has 5 nitrogen and oxygen atoms in total. The number of anilines is 1. The standard InChI is InChI=1S/C16H13F4N3O2/c17-12-3-1-2-4-13(12)22-15(24)23-8-11(9-23)25-14-7-10(5-6-21-14)16(18,19)20/h1-7,11H,8-9H2,(H,22,24). The van der Waals surface area contributed by atoms with Crippen molar-refractivity contribution in [2.75, 3.05) is 18.4 Å². The van der Waals surface area contributed by atoms with Crippen LogP contribution in [0.5, 0.6) is 5.88 Å². The highest BCUT2D eigenvalue weighted by Crippen LogP contribution is 2.31. The van der Waals surface area contributed by atoms with E-state index in [9.17, 15) is 22.4 Å². The fraction of sp³-hybridized carbons (Fsp3) is 0.250. The monoisotopic (exact) mass is 355 g/mol. The molecule has 3 rings (SSSR count). The Morgan fingerprint density at radius 1 is 1.24 bits per heavy atom. The maximum atomic E-state index is 13.5. The number of nitrogens with zero attached hydrogens (tertiary/aromatic N) is 2. The number of urea groups is 1. The van der Waals surface area contributed by atoms with E-state index < -0.39 is 29.7 Å². The van der Waals surface area contributed by atoms with Crippen molar-refractivity contribution in [3.63, 3.8) is 0 Å². The summed E-state index contributed by atoms with van der Waals surface area (Å²) in [4.78, 5) is 17.0. The Labute approximate surface area is 140 Å². The van der Waals surface area contributed by atoms with Gasteiger partial charge >= 0.3 is 12.2 Å². The number of carbonyl (C=O) groups is 1. The van der Waals surface area contributed by atoms with Gasteiger partial charge in [-0.2, -0.15) is 13.2 Å². The average Bonchev–Trinajstić information content (AvgIpc) is 2.52. The predicted molar refractivity (Wildman–Crippen MR) is 80.6 cm³/mol. The number of aromatic nitrogens is 1. The minimum absolute atomic E-state index is 0.0522. The third kappa shape index (κ3) is 3.98. The summed E-state index contributed by atoms with van der Waals surface area (Å²) in [5, 5.41) is 2.42. The van der Waals surface area contributed by atoms with Crippen LogP contribution in [0.25, 0.3) is 0 Å². The summed E-state index contributed by atoms with van der Waals surface area (Å²) in [5.74, 6) is -0.716. The van der Waals surface area contributed by atoms with E-state index in [2.05, 4.69) is 10.3 Å². The molecular weight excluding hydrogens is 342 g/mol. The zero-order valence-corrected chi connectivity index (χ0v) is 12.8. The molecule has 0 atom stereocenters. The van der Waals surface area contributed by atoms with Gasteiger partial charge in [-0.3, -0.25) is 0 Å². The van der Waals surface area contributed by atoms with E-state index in [1.807, 2.05) is 0 Å². The van der Waals surface area contributed by atoms with Crippen molar-refractivity contribution in [1.82, 2.24) is 9.88 Å². The van der Waals surface area contributed by atoms with Gasteiger partial charge in [-0.25, -0.2) is 14.2 Å². The number of ether oxygens (including phenoxy) is 1. The fourth-order valence-corrected chi connectivity index (χ4v) is 2.26. The molecule has 0 radical (unpaired) electrons. The summed E-state index contributed by atoms with van der Waals surface area (Å²) in [6, 6.07) is 6.87. The number of amides is 2. The Bertz CT molecular complexity index is 776. The molecule has 1 aliphatic heterocycles. The Hall–Kier alpha value is -2.84. The fourth-order valence-electron chi connectivity index (χ4n) is 2.26. The van der Waals surface area contributed by atoms with Gasteiger partial charge in [0.1, 0.15) is 11.9 Å². The van der Waals surface area contributed by atoms with Crippen LogP contribution in [0.2, 0.25) is 0 Å². The Balaban J connectivity index is 1.53. The average molecular weight is 355 g/mol. The predicted octanol–water partition coefficient (Wildman–Crippen LogP) is 3.53. The Kier molecular flexibility index (Phi) is 4.47. The van der Waals surface area contributed by atoms with Crippen LogP contribution in [0.1, 0.15) is 5.56 Å². The first-order valence-electron chi connectivity index (χ1n) is 7.33. The SMILES string of the molecule is O=C(Nc1ccccc1F)N1CC(Oc2cc(C(F)(F)F)ccn2)C1. The zero-order chi connectivity index (χ0) is 18.0. The molecule has 2 aromatic rings. The lowest BCUT2D eigenvalue weighted by Gasteiger charge is -2.38. The van der Waals surface area contributed by atoms with Gasteiger partial charge in [-0.1, -0.05) is 12.1 Å². The number of rotatable bonds is 3. The molecular formula is C16H13F4N3O2. The van der Waals surface area contributed by atoms with Gasteiger partial charge in [0, 0.05) is 12.3 Å². The lowest BCUT2D eigenvalue weighted by atomic mass is 10.2. The van der Waals surface area contributed by atoms with Gasteiger partial charge < -0.3 is 15.0 Å². The summed E-state index contributed by atoms with van der Waals surface area (Å²) < 4.78 is 56.7. The van der Waals surface area contributed by atoms with Crippen molar-refractivity contribution in [2.24, 2.45) is 0 Å². The summed E-state index contributed by atoms with van der Waals surface area (Å²) >= 11 is 0. The normalized spacial score (nSPS) is 14.8. The molecule has 1 aromatic heterocycles. The van der Waals surface area contributed by atoms with E-state index in [4.69, 9.17) is 4.74 Å². The maximum Gasteiger partial charge on any atom is 0.416 e. The third-order valence-corrected chi connectivity index (χ3v) is 3.60. The highest BCUT2D eigenvalue weighted by molar-refractivity contribution is 5.90. The number of hydrogen-bond acceptors (Lipinski definition) is 3. The van der Waals surface area contributed by atoms with Crippen molar-refractivity contribution in [2.45, 2.75) is 12.3 Å². The minimum Gasteiger partial charge on any atom is -0.471 e. The van der Waals surface area contributed by atoms with E-state index in [1.54, 1.807) is 6.07 Å². The molecule has 1 fully saturated rings. The number of hydrogen-bond donors (Lipinski definition) is 1. The Morgan fingerprint density at radius 2 is 1.96 bits per heavy atom. The largest absolute Gasteiger partial charge is 0.471 e. The minimum atomic E-state index is -4.48. The van der Waals surface area contributed by atoms with Crippen molar-refractivity contribution in [1.29, 1.82) is 0 Å². The molecule has 132 valence electrons. The second kappa shape index (κ2) is 6.58. The summed E-state index contributed by atoms with van der Waals surface area (Å²) in [6.45, 7) is 0.330. The zero-order valence-electron chi connectivity index (χ0n) is 12.8. The first kappa shape index (κ1) is 17.0. The third-order valence-electron chi connectivity index (χ3n) is 3.60. The number of pyridine rings is 1. The van der Waals surface area contributed by atoms with Crippen LogP contribution in [0.3, 0.4) is 0 Å². The van der Waals surface area contributed by atoms with Gasteiger partial charge in [0.05, 0.1) is 24.3 Å². The maximum absolute atomic E-state index is 13.5. The summed E-state index contributed by atoms with van der Waals surface area (Å²) in [7, 11) is 0. The van der Waals surface area contributed by atoms with E-state index >= 15 is 0 Å². The molecule has 1 aromatic carbocycles. The van der Waals surface area contributed by atoms with Crippen LogP contribution in [0.15, 0.2) is 42.6 Å². The van der Waals surface area contributed by atoms with Gasteiger partial charge in [-0.15, -0.1) is 0 Å². The van der Waals surface area contributed by atoms with E-state index in [1.165, 1.54) is 23.1 Å². The number of nitrogens with one attached hydrogen (secondary N) is 1. The Morgan fingerprint density at radius 3 is 2.64 bits per heavy atom. The van der Waals surface area contributed by atoms with Gasteiger partial charge in [0.2, 0.25) is 5.88 Å². The van der Waals surface area contributed by atoms with E-state index in [-0.39, 0.29) is 24.7 Å². The lowest BCUT2D eigenvalue weighted by molar-refractivity contribution is -0.137. The summed E-state index contributed by atoms with van der Waals surface area (Å²) in [6.07, 6.45) is -3.94. The molecule has 1 saturated heterocycles. The number of carbonyl (C=O) groups excluding carboxylic acids is 1. The van der Waals surface area contributed by atoms with E-state index in [0.29, 0.717) is 0 Å². The molecule has 0 saturated carbocycles. The molecule has 0 bridgehead atoms. The molecule has 0 spiro atoms. The van der Waals surface area contributed by atoms with Gasteiger partial charge in [0.25, 0.3) is 0 Å². The second-order valence-corrected chi connectivity index (χ2v) is 5.44. The summed E-state index contributed by atoms with van der Waals surface area (Å²) in [5.41, 5.74) is -0.803. The van der Waals surface area contributed by atoms with Crippen LogP contribution >= 0.6 is 0 Å². The van der Waals surface area contributed by atoms with Crippen molar-refractivity contribution in [3.8, 4) is 5.88 Å². The number of alkyl halides is 3. The highest BCUT2D eigenvalue weighted by atomic mass is 19.4. The van der Waals surface area contributed by atoms with Gasteiger partial charge in [0.15, 0.2) is 0 Å². The molecule has 9 heteroatoms. The van der Waals surface area contributed by atoms with Crippen LogP contribution in [0, 0.1) is 5.82 Å². The highest BCUT2D eigenvalue weighted by Gasteiger charge is 2.34. The number of benzene rings is 1. The lowest BCUT2D eigenvalue weighted by Crippen LogP contribution is -2.57.